The molecule has 0 saturated carbocycles. The molecule has 84 valence electrons. The Hall–Kier alpha value is -1.91. The van der Waals surface area contributed by atoms with Crippen LogP contribution < -0.4 is 5.32 Å². The minimum absolute atomic E-state index is 0.403. The van der Waals surface area contributed by atoms with Crippen molar-refractivity contribution in [1.29, 1.82) is 0 Å². The van der Waals surface area contributed by atoms with E-state index in [4.69, 9.17) is 0 Å². The molecule has 0 fully saturated rings. The van der Waals surface area contributed by atoms with Crippen LogP contribution in [-0.4, -0.2) is 24.0 Å². The van der Waals surface area contributed by atoms with E-state index in [0.717, 1.165) is 12.1 Å². The molecule has 1 aliphatic rings. The molecule has 5 heteroatoms. The smallest absolute Gasteiger partial charge is 0.317 e. The van der Waals surface area contributed by atoms with E-state index >= 15 is 0 Å². The molecule has 16 heavy (non-hydrogen) atoms. The highest BCUT2D eigenvalue weighted by Gasteiger charge is 2.17. The Labute approximate surface area is 91.4 Å². The van der Waals surface area contributed by atoms with E-state index in [0.29, 0.717) is 13.1 Å². The summed E-state index contributed by atoms with van der Waals surface area (Å²) in [5.41, 5.74) is -0.403. The summed E-state index contributed by atoms with van der Waals surface area (Å²) >= 11 is 0. The molecule has 1 aromatic carbocycles. The van der Waals surface area contributed by atoms with E-state index in [-0.39, 0.29) is 0 Å². The fourth-order valence-electron chi connectivity index (χ4n) is 1.45. The van der Waals surface area contributed by atoms with Crippen molar-refractivity contribution >= 4 is 11.7 Å². The number of hydrogen-bond acceptors (Lipinski definition) is 1. The highest BCUT2D eigenvalue weighted by Crippen LogP contribution is 2.18. The Morgan fingerprint density at radius 1 is 1.19 bits per heavy atom. The van der Waals surface area contributed by atoms with Crippen molar-refractivity contribution < 1.29 is 13.6 Å². The summed E-state index contributed by atoms with van der Waals surface area (Å²) < 4.78 is 26.4. The fraction of sp³-hybridized carbons (Fsp3) is 0.182. The highest BCUT2D eigenvalue weighted by molar-refractivity contribution is 5.90. The van der Waals surface area contributed by atoms with Crippen molar-refractivity contribution in [2.75, 3.05) is 18.4 Å². The van der Waals surface area contributed by atoms with Gasteiger partial charge in [-0.3, -0.25) is 0 Å². The third-order valence-corrected chi connectivity index (χ3v) is 2.30. The summed E-state index contributed by atoms with van der Waals surface area (Å²) in [6.07, 6.45) is 3.63. The Morgan fingerprint density at radius 3 is 2.31 bits per heavy atom. The third-order valence-electron chi connectivity index (χ3n) is 2.30. The van der Waals surface area contributed by atoms with Gasteiger partial charge in [0.25, 0.3) is 0 Å². The minimum atomic E-state index is -0.777. The number of benzene rings is 1. The SMILES string of the molecule is O=C(Nc1c(F)cccc1F)N1CC=CC1. The number of amides is 2. The zero-order valence-corrected chi connectivity index (χ0v) is 8.41. The first-order chi connectivity index (χ1) is 7.68. The standard InChI is InChI=1S/C11H10F2N2O/c12-8-4-3-5-9(13)10(8)14-11(16)15-6-1-2-7-15/h1-5H,6-7H2,(H,14,16). The summed E-state index contributed by atoms with van der Waals surface area (Å²) in [7, 11) is 0. The second-order valence-corrected chi connectivity index (χ2v) is 3.40. The molecule has 0 aromatic heterocycles. The average molecular weight is 224 g/mol. The number of halogens is 2. The van der Waals surface area contributed by atoms with E-state index in [2.05, 4.69) is 5.32 Å². The first-order valence-electron chi connectivity index (χ1n) is 4.83. The maximum atomic E-state index is 13.2. The summed E-state index contributed by atoms with van der Waals surface area (Å²) in [5.74, 6) is -1.55. The third kappa shape index (κ3) is 2.03. The summed E-state index contributed by atoms with van der Waals surface area (Å²) in [4.78, 5) is 13.0. The van der Waals surface area contributed by atoms with Gasteiger partial charge in [0, 0.05) is 13.1 Å². The van der Waals surface area contributed by atoms with Crippen molar-refractivity contribution in [1.82, 2.24) is 4.90 Å². The van der Waals surface area contributed by atoms with Crippen LogP contribution in [0.5, 0.6) is 0 Å². The molecular weight excluding hydrogens is 214 g/mol. The van der Waals surface area contributed by atoms with Crippen molar-refractivity contribution in [3.63, 3.8) is 0 Å². The van der Waals surface area contributed by atoms with Crippen molar-refractivity contribution in [2.24, 2.45) is 0 Å². The number of carbonyl (C=O) groups excluding carboxylic acids is 1. The lowest BCUT2D eigenvalue weighted by Crippen LogP contribution is -2.33. The topological polar surface area (TPSA) is 32.3 Å². The minimum Gasteiger partial charge on any atom is -0.317 e. The lowest BCUT2D eigenvalue weighted by Gasteiger charge is -2.16. The number of carbonyl (C=O) groups is 1. The van der Waals surface area contributed by atoms with Gasteiger partial charge in [0.1, 0.15) is 17.3 Å². The van der Waals surface area contributed by atoms with E-state index in [1.165, 1.54) is 11.0 Å². The number of hydrogen-bond donors (Lipinski definition) is 1. The van der Waals surface area contributed by atoms with E-state index < -0.39 is 23.4 Å². The van der Waals surface area contributed by atoms with Crippen molar-refractivity contribution in [3.05, 3.63) is 42.0 Å². The normalized spacial score (nSPS) is 14.2. The lowest BCUT2D eigenvalue weighted by molar-refractivity contribution is 0.224. The quantitative estimate of drug-likeness (QED) is 0.730. The Kier molecular flexibility index (Phi) is 2.85. The second kappa shape index (κ2) is 4.30. The zero-order valence-electron chi connectivity index (χ0n) is 8.41. The van der Waals surface area contributed by atoms with Crippen LogP contribution >= 0.6 is 0 Å². The molecule has 0 bridgehead atoms. The molecule has 1 heterocycles. The maximum Gasteiger partial charge on any atom is 0.322 e. The Bertz CT molecular complexity index is 417. The van der Waals surface area contributed by atoms with Gasteiger partial charge in [0.05, 0.1) is 0 Å². The molecule has 0 atom stereocenters. The van der Waals surface area contributed by atoms with Crippen LogP contribution in [-0.2, 0) is 0 Å². The van der Waals surface area contributed by atoms with Crippen LogP contribution in [0.1, 0.15) is 0 Å². The van der Waals surface area contributed by atoms with Crippen molar-refractivity contribution in [3.8, 4) is 0 Å². The molecule has 0 saturated heterocycles. The van der Waals surface area contributed by atoms with Crippen LogP contribution in [0.3, 0.4) is 0 Å². The Balaban J connectivity index is 2.11. The summed E-state index contributed by atoms with van der Waals surface area (Å²) in [6.45, 7) is 0.920. The first kappa shape index (κ1) is 10.6. The number of nitrogens with zero attached hydrogens (tertiary/aromatic N) is 1. The van der Waals surface area contributed by atoms with Gasteiger partial charge in [-0.1, -0.05) is 18.2 Å². The predicted octanol–water partition coefficient (Wildman–Crippen LogP) is 2.37. The van der Waals surface area contributed by atoms with Crippen LogP contribution in [0.4, 0.5) is 19.3 Å². The van der Waals surface area contributed by atoms with E-state index in [9.17, 15) is 13.6 Å². The number of urea groups is 1. The maximum absolute atomic E-state index is 13.2. The van der Waals surface area contributed by atoms with Crippen LogP contribution in [0, 0.1) is 11.6 Å². The van der Waals surface area contributed by atoms with Gasteiger partial charge in [-0.05, 0) is 12.1 Å². The lowest BCUT2D eigenvalue weighted by atomic mass is 10.3. The van der Waals surface area contributed by atoms with Crippen LogP contribution in [0.2, 0.25) is 0 Å². The van der Waals surface area contributed by atoms with Crippen LogP contribution in [0.25, 0.3) is 0 Å². The van der Waals surface area contributed by atoms with Gasteiger partial charge in [-0.2, -0.15) is 0 Å². The number of rotatable bonds is 1. The molecule has 1 aliphatic heterocycles. The van der Waals surface area contributed by atoms with E-state index in [1.807, 2.05) is 12.2 Å². The monoisotopic (exact) mass is 224 g/mol. The van der Waals surface area contributed by atoms with Gasteiger partial charge in [0.2, 0.25) is 0 Å². The predicted molar refractivity (Wildman–Crippen MR) is 56.1 cm³/mol. The van der Waals surface area contributed by atoms with Gasteiger partial charge >= 0.3 is 6.03 Å². The molecule has 0 aliphatic carbocycles. The first-order valence-corrected chi connectivity index (χ1v) is 4.83. The van der Waals surface area contributed by atoms with Crippen LogP contribution in [0.15, 0.2) is 30.4 Å². The number of nitrogens with one attached hydrogen (secondary N) is 1. The molecule has 0 spiro atoms. The fourth-order valence-corrected chi connectivity index (χ4v) is 1.45. The highest BCUT2D eigenvalue weighted by atomic mass is 19.1. The zero-order chi connectivity index (χ0) is 11.5. The Morgan fingerprint density at radius 2 is 1.75 bits per heavy atom. The number of anilines is 1. The largest absolute Gasteiger partial charge is 0.322 e. The molecule has 0 radical (unpaired) electrons. The van der Waals surface area contributed by atoms with Gasteiger partial charge in [-0.15, -0.1) is 0 Å². The summed E-state index contributed by atoms with van der Waals surface area (Å²) in [5, 5.41) is 2.22. The molecular formula is C11H10F2N2O. The molecule has 1 N–H and O–H groups in total. The summed E-state index contributed by atoms with van der Waals surface area (Å²) in [6, 6.07) is 2.94. The number of para-hydroxylation sites is 1. The second-order valence-electron chi connectivity index (χ2n) is 3.40. The molecule has 2 rings (SSSR count). The molecule has 2 amide bonds. The van der Waals surface area contributed by atoms with E-state index in [1.54, 1.807) is 0 Å². The molecule has 3 nitrogen and oxygen atoms in total. The molecule has 1 aromatic rings. The molecule has 0 unspecified atom stereocenters. The average Bonchev–Trinajstić information content (AvgIpc) is 2.76. The van der Waals surface area contributed by atoms with Gasteiger partial charge in [0.15, 0.2) is 0 Å². The van der Waals surface area contributed by atoms with Gasteiger partial charge in [-0.25, -0.2) is 13.6 Å². The van der Waals surface area contributed by atoms with Crippen molar-refractivity contribution in [2.45, 2.75) is 0 Å². The van der Waals surface area contributed by atoms with Gasteiger partial charge < -0.3 is 10.2 Å².